The number of aryl methyl sites for hydroxylation is 4. The number of aromatic nitrogens is 4. The van der Waals surface area contributed by atoms with Gasteiger partial charge in [0.05, 0.1) is 68.2 Å². The Morgan fingerprint density at radius 2 is 0.699 bits per heavy atom. The van der Waals surface area contributed by atoms with Gasteiger partial charge in [-0.2, -0.15) is 52.7 Å². The molecule has 13 amide bonds. The molecule has 4 atom stereocenters. The van der Waals surface area contributed by atoms with E-state index in [-0.39, 0.29) is 149 Å². The van der Waals surface area contributed by atoms with Crippen LogP contribution >= 0.6 is 46.4 Å². The summed E-state index contributed by atoms with van der Waals surface area (Å²) in [5.41, 5.74) is 1.66. The molecule has 734 valence electrons. The first-order valence-corrected chi connectivity index (χ1v) is 43.5. The number of hydrogen-bond acceptors (Lipinski definition) is 17. The molecule has 0 aliphatic carbocycles. The standard InChI is InChI=1S/C25H28ClF4N5O4.C21H22ClF4N5O4S.C20H20ClF4N5O2.C18H15ClF4N4O2/c1-14-10-15(25(28,29)30)11-20(32-14)35-19(21(36)33(5)16-6-7-18(27)17(26)12-16)13-34(23(35)38)9-8-31-22(37)39-24(2,3)4;1-12-8-13(21(24,25)26)9-18(28-12)31-17(11-30(20(31)33)7-6-27-36(3,34)35)19(32)29(2)14-4-5-16(23)15(22)10-14;1-11-7-12(20(23,24)25)8-17(27-11)30-16(10-29(6-5-26)19(30)32)18(31)28(2)13-3-4-15(22)14(21)9-13;1-9-5-10(18(21,22)23)6-15(25-9)27-14(8-24-17(27)29)16(28)26(2)11-3-4-13(20)12(19)7-11/h6-7,10-12,19H,8-9,13H2,1-5H3,(H,31,37);4-5,8-10,17,27H,6-7,11H2,1-3H3;3-4,7-9,16H,5-6,10,26H2,1-2H3;3-7,14H,8H2,1-2H3,(H,24,29)/t19-;17-;16-;14-/m0000/s1. The lowest BCUT2D eigenvalue weighted by atomic mass is 10.1. The molecular formula is C84H85Cl4F16N19O12S. The number of urea groups is 4. The van der Waals surface area contributed by atoms with Crippen LogP contribution in [-0.4, -0.2) is 227 Å². The molecule has 0 unspecified atom stereocenters. The molecule has 5 N–H and O–H groups in total. The van der Waals surface area contributed by atoms with E-state index in [2.05, 4.69) is 35.3 Å². The van der Waals surface area contributed by atoms with Crippen molar-refractivity contribution >= 4 is 156 Å². The highest BCUT2D eigenvalue weighted by atomic mass is 35.5. The van der Waals surface area contributed by atoms with Gasteiger partial charge >= 0.3 is 54.9 Å². The van der Waals surface area contributed by atoms with E-state index in [0.717, 1.165) is 105 Å². The molecule has 4 aliphatic rings. The van der Waals surface area contributed by atoms with Crippen molar-refractivity contribution in [1.82, 2.24) is 50.0 Å². The number of nitrogens with one attached hydrogen (secondary N) is 3. The van der Waals surface area contributed by atoms with Crippen LogP contribution in [-0.2, 0) is 58.6 Å². The lowest BCUT2D eigenvalue weighted by Crippen LogP contribution is -2.47. The molecule has 31 nitrogen and oxygen atoms in total. The zero-order chi connectivity index (χ0) is 102. The van der Waals surface area contributed by atoms with E-state index in [1.807, 2.05) is 0 Å². The van der Waals surface area contributed by atoms with Gasteiger partial charge in [-0.05, 0) is 170 Å². The molecule has 0 saturated carbocycles. The van der Waals surface area contributed by atoms with Crippen LogP contribution < -0.4 is 60.3 Å². The van der Waals surface area contributed by atoms with Crippen molar-refractivity contribution in [3.8, 4) is 0 Å². The number of nitrogens with zero attached hydrogens (tertiary/aromatic N) is 15. The number of carbonyl (C=O) groups is 9. The third-order valence-corrected chi connectivity index (χ3v) is 22.3. The first-order chi connectivity index (χ1) is 63.0. The molecule has 52 heteroatoms. The van der Waals surface area contributed by atoms with Crippen molar-refractivity contribution < 1.29 is 127 Å². The normalized spacial score (nSPS) is 16.4. The summed E-state index contributed by atoms with van der Waals surface area (Å²) in [7, 11) is 1.92. The van der Waals surface area contributed by atoms with Crippen LogP contribution in [0.2, 0.25) is 20.1 Å². The Balaban J connectivity index is 0.000000204. The van der Waals surface area contributed by atoms with Crippen molar-refractivity contribution in [2.24, 2.45) is 5.73 Å². The smallest absolute Gasteiger partial charge is 0.416 e. The highest BCUT2D eigenvalue weighted by molar-refractivity contribution is 7.88. The molecule has 4 saturated heterocycles. The van der Waals surface area contributed by atoms with Gasteiger partial charge in [-0.3, -0.25) is 38.8 Å². The van der Waals surface area contributed by atoms with Crippen LogP contribution in [0.1, 0.15) is 65.8 Å². The van der Waals surface area contributed by atoms with Crippen LogP contribution in [0.25, 0.3) is 0 Å². The van der Waals surface area contributed by atoms with Crippen LogP contribution in [0.4, 0.5) is 140 Å². The van der Waals surface area contributed by atoms with Crippen LogP contribution in [0.5, 0.6) is 0 Å². The van der Waals surface area contributed by atoms with Gasteiger partial charge in [0.25, 0.3) is 23.6 Å². The number of benzene rings is 4. The summed E-state index contributed by atoms with van der Waals surface area (Å²) < 4.78 is 245. The summed E-state index contributed by atoms with van der Waals surface area (Å²) in [5, 5.41) is 4.04. The molecule has 8 aromatic rings. The number of carbonyl (C=O) groups excluding carboxylic acids is 9. The minimum absolute atomic E-state index is 0.0115. The lowest BCUT2D eigenvalue weighted by molar-refractivity contribution is -0.138. The predicted octanol–water partition coefficient (Wildman–Crippen LogP) is 15.2. The zero-order valence-electron chi connectivity index (χ0n) is 73.6. The van der Waals surface area contributed by atoms with E-state index < -0.39 is 170 Å². The Hall–Kier alpha value is -12.4. The Morgan fingerprint density at radius 1 is 0.434 bits per heavy atom. The Kier molecular flexibility index (Phi) is 33.8. The number of alkyl halides is 12. The number of alkyl carbamates (subject to hydrolysis) is 1. The SMILES string of the molecule is Cc1cc(C(F)(F)F)cc(N2C(=O)N(CCN)C[C@H]2C(=O)N(C)c2ccc(F)c(Cl)c2)n1.Cc1cc(C(F)(F)F)cc(N2C(=O)N(CCNC(=O)OC(C)(C)C)C[C@H]2C(=O)N(C)c2ccc(F)c(Cl)c2)n1.Cc1cc(C(F)(F)F)cc(N2C(=O)N(CCNS(C)(=O)=O)C[C@H]2C(=O)N(C)c2ccc(F)c(Cl)c2)n1.Cc1cc(C(F)(F)F)cc(N2C(=O)NC[C@H]2C(=O)N(C)c2ccc(F)c(Cl)c2)n1. The maximum absolute atomic E-state index is 13.7. The summed E-state index contributed by atoms with van der Waals surface area (Å²) in [6.07, 6.45) is -18.5. The first-order valence-electron chi connectivity index (χ1n) is 40.1. The molecule has 4 fully saturated rings. The van der Waals surface area contributed by atoms with Gasteiger partial charge in [-0.15, -0.1) is 0 Å². The second-order valence-corrected chi connectivity index (χ2v) is 35.2. The van der Waals surface area contributed by atoms with Crippen LogP contribution in [0.3, 0.4) is 0 Å². The molecular weight excluding hydrogens is 1940 g/mol. The third kappa shape index (κ3) is 26.7. The van der Waals surface area contributed by atoms with Gasteiger partial charge < -0.3 is 55.4 Å². The van der Waals surface area contributed by atoms with E-state index in [4.69, 9.17) is 56.9 Å². The number of hydrogen-bond donors (Lipinski definition) is 4. The number of anilines is 8. The number of nitrogens with two attached hydrogens (primary N) is 1. The van der Waals surface area contributed by atoms with E-state index in [1.54, 1.807) is 20.8 Å². The molecule has 136 heavy (non-hydrogen) atoms. The number of sulfonamides is 1. The molecule has 8 heterocycles. The van der Waals surface area contributed by atoms with Gasteiger partial charge in [0.1, 0.15) is 76.3 Å². The molecule has 12 rings (SSSR count). The molecule has 0 radical (unpaired) electrons. The molecule has 0 bridgehead atoms. The molecule has 4 aliphatic heterocycles. The second-order valence-electron chi connectivity index (χ2n) is 31.7. The largest absolute Gasteiger partial charge is 0.444 e. The van der Waals surface area contributed by atoms with Crippen molar-refractivity contribution in [1.29, 1.82) is 0 Å². The van der Waals surface area contributed by atoms with E-state index in [0.29, 0.717) is 18.2 Å². The van der Waals surface area contributed by atoms with Crippen molar-refractivity contribution in [3.63, 3.8) is 0 Å². The quantitative estimate of drug-likeness (QED) is 0.0486. The minimum Gasteiger partial charge on any atom is -0.444 e. The Labute approximate surface area is 786 Å². The number of halogens is 20. The van der Waals surface area contributed by atoms with Crippen molar-refractivity contribution in [2.45, 2.75) is 103 Å². The number of amides is 13. The molecule has 4 aromatic heterocycles. The summed E-state index contributed by atoms with van der Waals surface area (Å²) in [6.45, 7) is 9.44. The second kappa shape index (κ2) is 42.9. The average molecular weight is 2030 g/mol. The maximum Gasteiger partial charge on any atom is 0.416 e. The van der Waals surface area contributed by atoms with Gasteiger partial charge in [0.2, 0.25) is 10.0 Å². The predicted molar refractivity (Wildman–Crippen MR) is 471 cm³/mol. The lowest BCUT2D eigenvalue weighted by Gasteiger charge is -2.27. The van der Waals surface area contributed by atoms with Gasteiger partial charge in [-0.1, -0.05) is 46.4 Å². The topological polar surface area (TPSA) is 346 Å². The fourth-order valence-corrected chi connectivity index (χ4v) is 15.0. The highest BCUT2D eigenvalue weighted by Gasteiger charge is 2.50. The number of likely N-dealkylation sites (N-methyl/N-ethyl adjacent to an activating group) is 4. The summed E-state index contributed by atoms with van der Waals surface area (Å²) in [5.74, 6) is -6.72. The number of ether oxygens (including phenoxy) is 1. The summed E-state index contributed by atoms with van der Waals surface area (Å²) in [6, 6.07) is 12.5. The van der Waals surface area contributed by atoms with E-state index in [1.165, 1.54) is 114 Å². The van der Waals surface area contributed by atoms with Crippen molar-refractivity contribution in [3.05, 3.63) is 210 Å². The van der Waals surface area contributed by atoms with E-state index >= 15 is 0 Å². The summed E-state index contributed by atoms with van der Waals surface area (Å²) in [4.78, 5) is 145. The fraction of sp³-hybridized carbons (Fsp3) is 0.369. The Bertz CT molecular complexity index is 6010. The zero-order valence-corrected chi connectivity index (χ0v) is 77.4. The highest BCUT2D eigenvalue weighted by Crippen LogP contribution is 2.41. The van der Waals surface area contributed by atoms with Gasteiger partial charge in [0.15, 0.2) is 0 Å². The van der Waals surface area contributed by atoms with E-state index in [9.17, 15) is 122 Å². The summed E-state index contributed by atoms with van der Waals surface area (Å²) >= 11 is 23.2. The monoisotopic (exact) mass is 2030 g/mol. The minimum atomic E-state index is -4.73. The third-order valence-electron chi connectivity index (χ3n) is 20.4. The average Bonchev–Trinajstić information content (AvgIpc) is 1.62. The number of pyridine rings is 4. The molecule has 4 aromatic carbocycles. The maximum atomic E-state index is 13.7. The first kappa shape index (κ1) is 107. The fourth-order valence-electron chi connectivity index (χ4n) is 13.9. The Morgan fingerprint density at radius 3 is 0.956 bits per heavy atom. The van der Waals surface area contributed by atoms with Crippen LogP contribution in [0.15, 0.2) is 121 Å². The molecule has 0 spiro atoms. The van der Waals surface area contributed by atoms with Crippen molar-refractivity contribution in [2.75, 3.05) is 139 Å². The van der Waals surface area contributed by atoms with Gasteiger partial charge in [0, 0.05) is 120 Å². The number of rotatable bonds is 21. The van der Waals surface area contributed by atoms with Crippen LogP contribution in [0, 0.1) is 51.0 Å². The van der Waals surface area contributed by atoms with Gasteiger partial charge in [-0.25, -0.2) is 74.6 Å².